The Morgan fingerprint density at radius 1 is 1.35 bits per heavy atom. The van der Waals surface area contributed by atoms with Gasteiger partial charge in [-0.2, -0.15) is 0 Å². The van der Waals surface area contributed by atoms with E-state index in [0.29, 0.717) is 22.3 Å². The Hall–Kier alpha value is -1.13. The second-order valence-electron chi connectivity index (χ2n) is 5.26. The Morgan fingerprint density at radius 2 is 2.00 bits per heavy atom. The van der Waals surface area contributed by atoms with Gasteiger partial charge in [-0.15, -0.1) is 0 Å². The molecule has 1 rings (SSSR count). The third-order valence-electron chi connectivity index (χ3n) is 2.72. The number of amides is 2. The van der Waals surface area contributed by atoms with Crippen LogP contribution >= 0.6 is 23.2 Å². The van der Waals surface area contributed by atoms with E-state index in [-0.39, 0.29) is 18.3 Å². The van der Waals surface area contributed by atoms with E-state index < -0.39 is 0 Å². The molecule has 0 heterocycles. The SMILES string of the molecule is CCN(C(=O)NCOc1ccc(Cl)cc1Cl)C(C)(C)C. The van der Waals surface area contributed by atoms with E-state index in [9.17, 15) is 4.79 Å². The smallest absolute Gasteiger partial charge is 0.320 e. The molecule has 4 nitrogen and oxygen atoms in total. The third-order valence-corrected chi connectivity index (χ3v) is 3.25. The van der Waals surface area contributed by atoms with Crippen molar-refractivity contribution < 1.29 is 9.53 Å². The summed E-state index contributed by atoms with van der Waals surface area (Å²) in [5.41, 5.74) is -0.239. The molecular weight excluding hydrogens is 299 g/mol. The molecule has 6 heteroatoms. The number of carbonyl (C=O) groups excluding carboxylic acids is 1. The number of hydrogen-bond acceptors (Lipinski definition) is 2. The highest BCUT2D eigenvalue weighted by atomic mass is 35.5. The number of benzene rings is 1. The Bertz CT molecular complexity index is 473. The van der Waals surface area contributed by atoms with Crippen molar-refractivity contribution in [1.82, 2.24) is 10.2 Å². The second kappa shape index (κ2) is 7.04. The van der Waals surface area contributed by atoms with E-state index in [4.69, 9.17) is 27.9 Å². The lowest BCUT2D eigenvalue weighted by molar-refractivity contribution is 0.141. The first-order valence-electron chi connectivity index (χ1n) is 6.39. The zero-order valence-corrected chi connectivity index (χ0v) is 13.7. The van der Waals surface area contributed by atoms with E-state index in [2.05, 4.69) is 5.32 Å². The predicted octanol–water partition coefficient (Wildman–Crippen LogP) is 4.16. The maximum absolute atomic E-state index is 12.0. The van der Waals surface area contributed by atoms with Crippen molar-refractivity contribution in [3.8, 4) is 5.75 Å². The standard InChI is InChI=1S/C14H20Cl2N2O2/c1-5-18(14(2,3)4)13(19)17-9-20-12-7-6-10(15)8-11(12)16/h6-8H,5,9H2,1-4H3,(H,17,19). The van der Waals surface area contributed by atoms with Crippen molar-refractivity contribution in [3.05, 3.63) is 28.2 Å². The van der Waals surface area contributed by atoms with Gasteiger partial charge in [-0.25, -0.2) is 4.79 Å². The number of carbonyl (C=O) groups is 1. The Kier molecular flexibility index (Phi) is 5.96. The van der Waals surface area contributed by atoms with Crippen LogP contribution in [0.5, 0.6) is 5.75 Å². The zero-order valence-electron chi connectivity index (χ0n) is 12.2. The van der Waals surface area contributed by atoms with E-state index in [1.807, 2.05) is 27.7 Å². The average molecular weight is 319 g/mol. The van der Waals surface area contributed by atoms with E-state index in [0.717, 1.165) is 0 Å². The molecule has 0 aromatic heterocycles. The van der Waals surface area contributed by atoms with Crippen LogP contribution in [0.3, 0.4) is 0 Å². The molecule has 0 aliphatic carbocycles. The van der Waals surface area contributed by atoms with Gasteiger partial charge in [0.1, 0.15) is 5.75 Å². The molecule has 0 radical (unpaired) electrons. The molecular formula is C14H20Cl2N2O2. The number of rotatable bonds is 4. The van der Waals surface area contributed by atoms with Crippen LogP contribution in [0.25, 0.3) is 0 Å². The maximum Gasteiger partial charge on any atom is 0.320 e. The summed E-state index contributed by atoms with van der Waals surface area (Å²) >= 11 is 11.8. The van der Waals surface area contributed by atoms with E-state index in [1.165, 1.54) is 0 Å². The van der Waals surface area contributed by atoms with Crippen LogP contribution in [0.4, 0.5) is 4.79 Å². The van der Waals surface area contributed by atoms with Crippen LogP contribution in [0.2, 0.25) is 10.0 Å². The van der Waals surface area contributed by atoms with Gasteiger partial charge in [0.15, 0.2) is 6.73 Å². The molecule has 112 valence electrons. The van der Waals surface area contributed by atoms with Gasteiger partial charge in [-0.05, 0) is 45.9 Å². The highest BCUT2D eigenvalue weighted by Gasteiger charge is 2.24. The van der Waals surface area contributed by atoms with Crippen LogP contribution in [-0.4, -0.2) is 29.7 Å². The molecule has 0 fully saturated rings. The molecule has 0 aliphatic heterocycles. The average Bonchev–Trinajstić information content (AvgIpc) is 2.31. The van der Waals surface area contributed by atoms with Gasteiger partial charge in [0.05, 0.1) is 5.02 Å². The molecule has 0 saturated heterocycles. The minimum Gasteiger partial charge on any atom is -0.472 e. The topological polar surface area (TPSA) is 41.6 Å². The number of ether oxygens (including phenoxy) is 1. The van der Waals surface area contributed by atoms with Crippen LogP contribution in [0.1, 0.15) is 27.7 Å². The lowest BCUT2D eigenvalue weighted by Crippen LogP contribution is -2.50. The predicted molar refractivity (Wildman–Crippen MR) is 82.6 cm³/mol. The highest BCUT2D eigenvalue weighted by Crippen LogP contribution is 2.27. The number of nitrogens with zero attached hydrogens (tertiary/aromatic N) is 1. The molecule has 0 atom stereocenters. The lowest BCUT2D eigenvalue weighted by atomic mass is 10.1. The molecule has 2 amide bonds. The van der Waals surface area contributed by atoms with Gasteiger partial charge < -0.3 is 15.0 Å². The number of nitrogens with one attached hydrogen (secondary N) is 1. The fraction of sp³-hybridized carbons (Fsp3) is 0.500. The van der Waals surface area contributed by atoms with Gasteiger partial charge in [-0.1, -0.05) is 23.2 Å². The largest absolute Gasteiger partial charge is 0.472 e. The number of hydrogen-bond donors (Lipinski definition) is 1. The fourth-order valence-corrected chi connectivity index (χ4v) is 2.25. The first-order valence-corrected chi connectivity index (χ1v) is 7.14. The van der Waals surface area contributed by atoms with Gasteiger partial charge in [0.2, 0.25) is 0 Å². The minimum atomic E-state index is -0.239. The van der Waals surface area contributed by atoms with Crippen LogP contribution in [-0.2, 0) is 0 Å². The molecule has 20 heavy (non-hydrogen) atoms. The summed E-state index contributed by atoms with van der Waals surface area (Å²) in [6.45, 7) is 8.54. The van der Waals surface area contributed by atoms with Crippen molar-refractivity contribution in [2.24, 2.45) is 0 Å². The van der Waals surface area contributed by atoms with Crippen LogP contribution in [0, 0.1) is 0 Å². The Morgan fingerprint density at radius 3 is 2.50 bits per heavy atom. The van der Waals surface area contributed by atoms with E-state index in [1.54, 1.807) is 23.1 Å². The molecule has 0 unspecified atom stereocenters. The first kappa shape index (κ1) is 16.9. The number of halogens is 2. The normalized spacial score (nSPS) is 11.1. The monoisotopic (exact) mass is 318 g/mol. The minimum absolute atomic E-state index is 0.0484. The molecule has 0 saturated carbocycles. The molecule has 0 aliphatic rings. The van der Waals surface area contributed by atoms with Gasteiger partial charge in [-0.3, -0.25) is 0 Å². The molecule has 1 aromatic rings. The molecule has 1 N–H and O–H groups in total. The van der Waals surface area contributed by atoms with Crippen molar-refractivity contribution in [1.29, 1.82) is 0 Å². The first-order chi connectivity index (χ1) is 9.25. The summed E-state index contributed by atoms with van der Waals surface area (Å²) in [6, 6.07) is 4.76. The second-order valence-corrected chi connectivity index (χ2v) is 6.10. The van der Waals surface area contributed by atoms with Crippen molar-refractivity contribution >= 4 is 29.2 Å². The Balaban J connectivity index is 2.53. The van der Waals surface area contributed by atoms with Crippen molar-refractivity contribution in [2.75, 3.05) is 13.3 Å². The third kappa shape index (κ3) is 4.76. The summed E-state index contributed by atoms with van der Waals surface area (Å²) in [6.07, 6.45) is 0. The molecule has 0 spiro atoms. The highest BCUT2D eigenvalue weighted by molar-refractivity contribution is 6.35. The maximum atomic E-state index is 12.0. The number of urea groups is 1. The molecule has 1 aromatic carbocycles. The van der Waals surface area contributed by atoms with Gasteiger partial charge in [0, 0.05) is 17.1 Å². The summed E-state index contributed by atoms with van der Waals surface area (Å²) in [7, 11) is 0. The lowest BCUT2D eigenvalue weighted by Gasteiger charge is -2.34. The summed E-state index contributed by atoms with van der Waals surface area (Å²) in [5.74, 6) is 0.482. The fourth-order valence-electron chi connectivity index (χ4n) is 1.79. The zero-order chi connectivity index (χ0) is 15.3. The summed E-state index contributed by atoms with van der Waals surface area (Å²) in [4.78, 5) is 13.8. The van der Waals surface area contributed by atoms with Crippen molar-refractivity contribution in [3.63, 3.8) is 0 Å². The molecule has 0 bridgehead atoms. The van der Waals surface area contributed by atoms with Gasteiger partial charge >= 0.3 is 6.03 Å². The Labute approximate surface area is 130 Å². The van der Waals surface area contributed by atoms with Crippen LogP contribution in [0.15, 0.2) is 18.2 Å². The van der Waals surface area contributed by atoms with Crippen LogP contribution < -0.4 is 10.1 Å². The quantitative estimate of drug-likeness (QED) is 0.847. The van der Waals surface area contributed by atoms with Gasteiger partial charge in [0.25, 0.3) is 0 Å². The van der Waals surface area contributed by atoms with E-state index >= 15 is 0 Å². The summed E-state index contributed by atoms with van der Waals surface area (Å²) in [5, 5.41) is 3.65. The summed E-state index contributed by atoms with van der Waals surface area (Å²) < 4.78 is 5.42. The van der Waals surface area contributed by atoms with Crippen molar-refractivity contribution in [2.45, 2.75) is 33.2 Å².